The van der Waals surface area contributed by atoms with Crippen molar-refractivity contribution >= 4 is 0 Å². The maximum atomic E-state index is 14.7. The minimum Gasteiger partial charge on any atom is -0.296 e. The third kappa shape index (κ3) is 2.61. The topological polar surface area (TPSA) is 16.1 Å². The second-order valence-electron chi connectivity index (χ2n) is 5.33. The maximum Gasteiger partial charge on any atom is 0.117 e. The number of aromatic nitrogens is 1. The Labute approximate surface area is 109 Å². The molecule has 1 aromatic heterocycles. The molecule has 3 heteroatoms. The van der Waals surface area contributed by atoms with Gasteiger partial charge in [0.25, 0.3) is 0 Å². The van der Waals surface area contributed by atoms with E-state index in [1.54, 1.807) is 19.3 Å². The lowest BCUT2D eigenvalue weighted by molar-refractivity contribution is 0.0398. The van der Waals surface area contributed by atoms with Crippen molar-refractivity contribution in [3.63, 3.8) is 0 Å². The Balaban J connectivity index is 2.22. The molecule has 18 heavy (non-hydrogen) atoms. The molecular weight excluding hydrogens is 227 g/mol. The van der Waals surface area contributed by atoms with Gasteiger partial charge < -0.3 is 0 Å². The van der Waals surface area contributed by atoms with E-state index in [4.69, 9.17) is 0 Å². The van der Waals surface area contributed by atoms with Crippen LogP contribution < -0.4 is 0 Å². The first kappa shape index (κ1) is 13.2. The van der Waals surface area contributed by atoms with E-state index in [0.29, 0.717) is 12.5 Å². The standard InChI is InChI=1S/C15H21FN2/c1-4-12(2)18-10-7-15(3,16)14(11-18)13-5-8-17-9-6-13/h4-6,8-9,12,14H,1,7,10-11H2,2-3H3. The molecule has 0 radical (unpaired) electrons. The molecule has 0 N–H and O–H groups in total. The SMILES string of the molecule is C=CC(C)N1CCC(C)(F)C(c2ccncc2)C1. The second-order valence-corrected chi connectivity index (χ2v) is 5.33. The number of piperidine rings is 1. The Morgan fingerprint density at radius 2 is 2.22 bits per heavy atom. The smallest absolute Gasteiger partial charge is 0.117 e. The van der Waals surface area contributed by atoms with Gasteiger partial charge in [-0.3, -0.25) is 9.88 Å². The molecule has 2 rings (SSSR count). The first-order valence-corrected chi connectivity index (χ1v) is 6.50. The van der Waals surface area contributed by atoms with Crippen LogP contribution in [0.2, 0.25) is 0 Å². The molecule has 1 aromatic rings. The fraction of sp³-hybridized carbons (Fsp3) is 0.533. The van der Waals surface area contributed by atoms with Crippen LogP contribution in [0.5, 0.6) is 0 Å². The van der Waals surface area contributed by atoms with Gasteiger partial charge in [0.1, 0.15) is 5.67 Å². The highest BCUT2D eigenvalue weighted by molar-refractivity contribution is 5.22. The molecule has 1 aliphatic heterocycles. The van der Waals surface area contributed by atoms with Crippen LogP contribution in [0.1, 0.15) is 31.7 Å². The number of rotatable bonds is 3. The van der Waals surface area contributed by atoms with Gasteiger partial charge in [0.15, 0.2) is 0 Å². The number of halogens is 1. The van der Waals surface area contributed by atoms with Crippen LogP contribution in [0, 0.1) is 0 Å². The molecule has 0 amide bonds. The van der Waals surface area contributed by atoms with Gasteiger partial charge in [0.05, 0.1) is 0 Å². The van der Waals surface area contributed by atoms with E-state index in [-0.39, 0.29) is 5.92 Å². The lowest BCUT2D eigenvalue weighted by atomic mass is 9.79. The van der Waals surface area contributed by atoms with Gasteiger partial charge in [0.2, 0.25) is 0 Å². The van der Waals surface area contributed by atoms with Crippen LogP contribution in [0.25, 0.3) is 0 Å². The molecule has 3 unspecified atom stereocenters. The fourth-order valence-corrected chi connectivity index (χ4v) is 2.62. The highest BCUT2D eigenvalue weighted by atomic mass is 19.1. The fourth-order valence-electron chi connectivity index (χ4n) is 2.62. The van der Waals surface area contributed by atoms with Crippen LogP contribution in [0.15, 0.2) is 37.2 Å². The predicted molar refractivity (Wildman–Crippen MR) is 72.3 cm³/mol. The van der Waals surface area contributed by atoms with Gasteiger partial charge in [-0.25, -0.2) is 4.39 Å². The van der Waals surface area contributed by atoms with Crippen LogP contribution >= 0.6 is 0 Å². The molecule has 3 atom stereocenters. The van der Waals surface area contributed by atoms with E-state index in [0.717, 1.165) is 18.7 Å². The maximum absolute atomic E-state index is 14.7. The quantitative estimate of drug-likeness (QED) is 0.764. The van der Waals surface area contributed by atoms with Crippen LogP contribution in [-0.2, 0) is 0 Å². The van der Waals surface area contributed by atoms with E-state index in [1.165, 1.54) is 0 Å². The van der Waals surface area contributed by atoms with Crippen LogP contribution in [0.4, 0.5) is 4.39 Å². The Morgan fingerprint density at radius 1 is 1.56 bits per heavy atom. The molecule has 0 bridgehead atoms. The van der Waals surface area contributed by atoms with Crippen molar-refractivity contribution in [1.29, 1.82) is 0 Å². The minimum absolute atomic E-state index is 0.0864. The summed E-state index contributed by atoms with van der Waals surface area (Å²) in [6.07, 6.45) is 5.96. The third-order valence-electron chi connectivity index (χ3n) is 4.06. The lowest BCUT2D eigenvalue weighted by Crippen LogP contribution is -2.48. The number of hydrogen-bond donors (Lipinski definition) is 0. The number of alkyl halides is 1. The summed E-state index contributed by atoms with van der Waals surface area (Å²) in [5.41, 5.74) is -0.102. The van der Waals surface area contributed by atoms with Gasteiger partial charge in [-0.05, 0) is 38.0 Å². The summed E-state index contributed by atoms with van der Waals surface area (Å²) in [5.74, 6) is -0.0864. The van der Waals surface area contributed by atoms with Gasteiger partial charge in [-0.1, -0.05) is 6.08 Å². The zero-order valence-electron chi connectivity index (χ0n) is 11.1. The van der Waals surface area contributed by atoms with Crippen molar-refractivity contribution < 1.29 is 4.39 Å². The first-order valence-electron chi connectivity index (χ1n) is 6.50. The van der Waals surface area contributed by atoms with Crippen molar-refractivity contribution in [1.82, 2.24) is 9.88 Å². The number of hydrogen-bond acceptors (Lipinski definition) is 2. The zero-order chi connectivity index (χ0) is 13.2. The third-order valence-corrected chi connectivity index (χ3v) is 4.06. The van der Waals surface area contributed by atoms with E-state index < -0.39 is 5.67 Å². The normalized spacial score (nSPS) is 30.9. The Bertz CT molecular complexity index is 402. The molecule has 1 aliphatic rings. The summed E-state index contributed by atoms with van der Waals surface area (Å²) >= 11 is 0. The number of likely N-dealkylation sites (tertiary alicyclic amines) is 1. The van der Waals surface area contributed by atoms with Crippen LogP contribution in [-0.4, -0.2) is 34.7 Å². The van der Waals surface area contributed by atoms with E-state index in [9.17, 15) is 4.39 Å². The van der Waals surface area contributed by atoms with Crippen molar-refractivity contribution in [2.45, 2.75) is 37.9 Å². The molecule has 1 saturated heterocycles. The van der Waals surface area contributed by atoms with Crippen LogP contribution in [0.3, 0.4) is 0 Å². The average molecular weight is 248 g/mol. The van der Waals surface area contributed by atoms with Crippen molar-refractivity contribution in [3.05, 3.63) is 42.7 Å². The van der Waals surface area contributed by atoms with Crippen molar-refractivity contribution in [3.8, 4) is 0 Å². The second kappa shape index (κ2) is 5.19. The summed E-state index contributed by atoms with van der Waals surface area (Å²) < 4.78 is 14.7. The molecular formula is C15H21FN2. The van der Waals surface area contributed by atoms with Gasteiger partial charge in [0, 0.05) is 37.4 Å². The Morgan fingerprint density at radius 3 is 2.83 bits per heavy atom. The van der Waals surface area contributed by atoms with E-state index in [2.05, 4.69) is 23.4 Å². The monoisotopic (exact) mass is 248 g/mol. The first-order chi connectivity index (χ1) is 8.54. The summed E-state index contributed by atoms with van der Waals surface area (Å²) in [5, 5.41) is 0. The molecule has 1 fully saturated rings. The van der Waals surface area contributed by atoms with Gasteiger partial charge >= 0.3 is 0 Å². The number of pyridine rings is 1. The average Bonchev–Trinajstić information content (AvgIpc) is 2.38. The molecule has 0 saturated carbocycles. The Hall–Kier alpha value is -1.22. The van der Waals surface area contributed by atoms with E-state index in [1.807, 2.05) is 18.2 Å². The summed E-state index contributed by atoms with van der Waals surface area (Å²) in [7, 11) is 0. The summed E-state index contributed by atoms with van der Waals surface area (Å²) in [4.78, 5) is 6.30. The molecule has 0 aromatic carbocycles. The predicted octanol–water partition coefficient (Wildman–Crippen LogP) is 3.17. The zero-order valence-corrected chi connectivity index (χ0v) is 11.1. The molecule has 2 nitrogen and oxygen atoms in total. The molecule has 0 aliphatic carbocycles. The highest BCUT2D eigenvalue weighted by Gasteiger charge is 2.41. The number of nitrogens with zero attached hydrogens (tertiary/aromatic N) is 2. The van der Waals surface area contributed by atoms with E-state index >= 15 is 0 Å². The summed E-state index contributed by atoms with van der Waals surface area (Å²) in [6, 6.07) is 4.14. The summed E-state index contributed by atoms with van der Waals surface area (Å²) in [6.45, 7) is 9.18. The Kier molecular flexibility index (Phi) is 3.81. The highest BCUT2D eigenvalue weighted by Crippen LogP contribution is 2.39. The van der Waals surface area contributed by atoms with Crippen molar-refractivity contribution in [2.24, 2.45) is 0 Å². The van der Waals surface area contributed by atoms with Gasteiger partial charge in [-0.15, -0.1) is 6.58 Å². The van der Waals surface area contributed by atoms with Gasteiger partial charge in [-0.2, -0.15) is 0 Å². The van der Waals surface area contributed by atoms with Crippen molar-refractivity contribution in [2.75, 3.05) is 13.1 Å². The largest absolute Gasteiger partial charge is 0.296 e. The minimum atomic E-state index is -1.14. The lowest BCUT2D eigenvalue weighted by Gasteiger charge is -2.43. The molecule has 98 valence electrons. The molecule has 2 heterocycles. The molecule has 0 spiro atoms.